The average Bonchev–Trinajstić information content (AvgIpc) is 2.63. The van der Waals surface area contributed by atoms with Crippen molar-refractivity contribution in [2.45, 2.75) is 25.7 Å². The van der Waals surface area contributed by atoms with Gasteiger partial charge in [0.1, 0.15) is 5.75 Å². The lowest BCUT2D eigenvalue weighted by Crippen LogP contribution is -2.31. The van der Waals surface area contributed by atoms with Gasteiger partial charge in [-0.05, 0) is 56.6 Å². The van der Waals surface area contributed by atoms with Gasteiger partial charge in [-0.3, -0.25) is 0 Å². The number of hydrogen-bond acceptors (Lipinski definition) is 3. The summed E-state index contributed by atoms with van der Waals surface area (Å²) in [7, 11) is 0. The Balaban J connectivity index is 1.55. The summed E-state index contributed by atoms with van der Waals surface area (Å²) in [5, 5.41) is 0. The van der Waals surface area contributed by atoms with Gasteiger partial charge in [-0.15, -0.1) is 0 Å². The Hall–Kier alpha value is -2.07. The molecule has 0 radical (unpaired) electrons. The number of ether oxygens (including phenoxy) is 2. The van der Waals surface area contributed by atoms with E-state index in [1.807, 2.05) is 18.2 Å². The Morgan fingerprint density at radius 2 is 1.71 bits per heavy atom. The molecule has 4 heteroatoms. The first-order chi connectivity index (χ1) is 11.8. The standard InChI is InChI=1S/C20H24FNO2/c21-18-11-7-12-19(20(18)24-17-9-3-1-4-10-17)23-16-8-15-22-13-5-2-6-14-22/h1,3-4,7,9-12H,2,5-6,8,13-16H2. The summed E-state index contributed by atoms with van der Waals surface area (Å²) < 4.78 is 25.6. The van der Waals surface area contributed by atoms with Crippen LogP contribution in [0.15, 0.2) is 48.5 Å². The Morgan fingerprint density at radius 3 is 2.50 bits per heavy atom. The van der Waals surface area contributed by atoms with Crippen molar-refractivity contribution in [2.75, 3.05) is 26.2 Å². The Bertz CT molecular complexity index is 627. The summed E-state index contributed by atoms with van der Waals surface area (Å²) in [5.41, 5.74) is 0. The van der Waals surface area contributed by atoms with E-state index in [-0.39, 0.29) is 5.75 Å². The third-order valence-electron chi connectivity index (χ3n) is 4.22. The third kappa shape index (κ3) is 4.71. The molecule has 0 aliphatic carbocycles. The Labute approximate surface area is 143 Å². The zero-order chi connectivity index (χ0) is 16.6. The van der Waals surface area contributed by atoms with Crippen molar-refractivity contribution in [3.05, 3.63) is 54.3 Å². The molecule has 1 saturated heterocycles. The number of hydrogen-bond donors (Lipinski definition) is 0. The minimum atomic E-state index is -0.410. The summed E-state index contributed by atoms with van der Waals surface area (Å²) in [6, 6.07) is 14.0. The maximum absolute atomic E-state index is 14.1. The van der Waals surface area contributed by atoms with E-state index >= 15 is 0 Å². The van der Waals surface area contributed by atoms with E-state index in [0.717, 1.165) is 13.0 Å². The highest BCUT2D eigenvalue weighted by atomic mass is 19.1. The third-order valence-corrected chi connectivity index (χ3v) is 4.22. The van der Waals surface area contributed by atoms with Gasteiger partial charge in [0, 0.05) is 6.54 Å². The second kappa shape index (κ2) is 8.69. The van der Waals surface area contributed by atoms with Crippen molar-refractivity contribution < 1.29 is 13.9 Å². The van der Waals surface area contributed by atoms with E-state index in [1.54, 1.807) is 24.3 Å². The summed E-state index contributed by atoms with van der Waals surface area (Å²) in [5.74, 6) is 0.798. The first-order valence-corrected chi connectivity index (χ1v) is 8.69. The van der Waals surface area contributed by atoms with Crippen LogP contribution in [0, 0.1) is 5.82 Å². The van der Waals surface area contributed by atoms with Crippen molar-refractivity contribution >= 4 is 0 Å². The second-order valence-corrected chi connectivity index (χ2v) is 6.09. The van der Waals surface area contributed by atoms with Crippen molar-refractivity contribution in [1.82, 2.24) is 4.90 Å². The van der Waals surface area contributed by atoms with Crippen molar-refractivity contribution in [3.8, 4) is 17.2 Å². The molecule has 0 bridgehead atoms. The molecule has 0 saturated carbocycles. The molecule has 1 aliphatic heterocycles. The van der Waals surface area contributed by atoms with Gasteiger partial charge in [-0.1, -0.05) is 30.7 Å². The summed E-state index contributed by atoms with van der Waals surface area (Å²) in [6.07, 6.45) is 4.86. The van der Waals surface area contributed by atoms with Crippen molar-refractivity contribution in [2.24, 2.45) is 0 Å². The molecular formula is C20H24FNO2. The van der Waals surface area contributed by atoms with Gasteiger partial charge in [0.15, 0.2) is 11.6 Å². The van der Waals surface area contributed by atoms with Crippen LogP contribution in [0.2, 0.25) is 0 Å². The van der Waals surface area contributed by atoms with E-state index in [9.17, 15) is 4.39 Å². The van der Waals surface area contributed by atoms with Crippen LogP contribution >= 0.6 is 0 Å². The van der Waals surface area contributed by atoms with Crippen LogP contribution in [0.5, 0.6) is 17.2 Å². The van der Waals surface area contributed by atoms with E-state index in [1.165, 1.54) is 38.4 Å². The van der Waals surface area contributed by atoms with E-state index in [4.69, 9.17) is 9.47 Å². The van der Waals surface area contributed by atoms with Crippen LogP contribution in [0.3, 0.4) is 0 Å². The highest BCUT2D eigenvalue weighted by Crippen LogP contribution is 2.34. The molecule has 24 heavy (non-hydrogen) atoms. The smallest absolute Gasteiger partial charge is 0.204 e. The van der Waals surface area contributed by atoms with E-state index in [0.29, 0.717) is 18.1 Å². The fourth-order valence-corrected chi connectivity index (χ4v) is 2.96. The predicted octanol–water partition coefficient (Wildman–Crippen LogP) is 4.87. The zero-order valence-corrected chi connectivity index (χ0v) is 13.9. The molecule has 0 amide bonds. The van der Waals surface area contributed by atoms with E-state index < -0.39 is 5.82 Å². The van der Waals surface area contributed by atoms with E-state index in [2.05, 4.69) is 4.90 Å². The van der Waals surface area contributed by atoms with Gasteiger partial charge in [0.2, 0.25) is 5.75 Å². The molecule has 128 valence electrons. The van der Waals surface area contributed by atoms with Crippen LogP contribution in [0.25, 0.3) is 0 Å². The fraction of sp³-hybridized carbons (Fsp3) is 0.400. The highest BCUT2D eigenvalue weighted by Gasteiger charge is 2.13. The normalized spacial score (nSPS) is 15.2. The van der Waals surface area contributed by atoms with Crippen LogP contribution in [0.1, 0.15) is 25.7 Å². The topological polar surface area (TPSA) is 21.7 Å². The van der Waals surface area contributed by atoms with Gasteiger partial charge in [-0.25, -0.2) is 4.39 Å². The molecule has 2 aromatic carbocycles. The monoisotopic (exact) mass is 329 g/mol. The zero-order valence-electron chi connectivity index (χ0n) is 13.9. The summed E-state index contributed by atoms with van der Waals surface area (Å²) in [6.45, 7) is 3.96. The summed E-state index contributed by atoms with van der Waals surface area (Å²) >= 11 is 0. The molecule has 1 fully saturated rings. The van der Waals surface area contributed by atoms with Crippen molar-refractivity contribution in [1.29, 1.82) is 0 Å². The SMILES string of the molecule is Fc1cccc(OCCCN2CCCCC2)c1Oc1ccccc1. The molecule has 2 aromatic rings. The maximum atomic E-state index is 14.1. The lowest BCUT2D eigenvalue weighted by molar-refractivity contribution is 0.203. The summed E-state index contributed by atoms with van der Waals surface area (Å²) in [4.78, 5) is 2.47. The minimum absolute atomic E-state index is 0.154. The number of nitrogens with zero attached hydrogens (tertiary/aromatic N) is 1. The van der Waals surface area contributed by atoms with Crippen LogP contribution in [-0.4, -0.2) is 31.1 Å². The number of halogens is 1. The molecule has 0 aromatic heterocycles. The quantitative estimate of drug-likeness (QED) is 0.676. The van der Waals surface area contributed by atoms with Crippen molar-refractivity contribution in [3.63, 3.8) is 0 Å². The second-order valence-electron chi connectivity index (χ2n) is 6.09. The fourth-order valence-electron chi connectivity index (χ4n) is 2.96. The molecule has 1 heterocycles. The molecule has 0 spiro atoms. The molecule has 1 aliphatic rings. The lowest BCUT2D eigenvalue weighted by atomic mass is 10.1. The highest BCUT2D eigenvalue weighted by molar-refractivity contribution is 5.43. The van der Waals surface area contributed by atoms with Gasteiger partial charge in [-0.2, -0.15) is 0 Å². The van der Waals surface area contributed by atoms with Crippen LogP contribution < -0.4 is 9.47 Å². The van der Waals surface area contributed by atoms with Crippen LogP contribution in [0.4, 0.5) is 4.39 Å². The number of rotatable bonds is 7. The number of para-hydroxylation sites is 2. The van der Waals surface area contributed by atoms with Gasteiger partial charge in [0.05, 0.1) is 6.61 Å². The average molecular weight is 329 g/mol. The number of likely N-dealkylation sites (tertiary alicyclic amines) is 1. The van der Waals surface area contributed by atoms with Gasteiger partial charge in [0.25, 0.3) is 0 Å². The molecule has 3 rings (SSSR count). The first-order valence-electron chi connectivity index (χ1n) is 8.69. The molecule has 0 N–H and O–H groups in total. The van der Waals surface area contributed by atoms with Gasteiger partial charge >= 0.3 is 0 Å². The minimum Gasteiger partial charge on any atom is -0.490 e. The maximum Gasteiger partial charge on any atom is 0.204 e. The lowest BCUT2D eigenvalue weighted by Gasteiger charge is -2.26. The Kier molecular flexibility index (Phi) is 6.07. The largest absolute Gasteiger partial charge is 0.490 e. The molecule has 3 nitrogen and oxygen atoms in total. The van der Waals surface area contributed by atoms with Gasteiger partial charge < -0.3 is 14.4 Å². The predicted molar refractivity (Wildman–Crippen MR) is 93.3 cm³/mol. The van der Waals surface area contributed by atoms with Crippen LogP contribution in [-0.2, 0) is 0 Å². The molecular weight excluding hydrogens is 305 g/mol. The molecule has 0 atom stereocenters. The number of benzene rings is 2. The number of piperidine rings is 1. The Morgan fingerprint density at radius 1 is 0.917 bits per heavy atom. The molecule has 0 unspecified atom stereocenters. The first kappa shape index (κ1) is 16.8.